The lowest BCUT2D eigenvalue weighted by Gasteiger charge is -2.27. The van der Waals surface area contributed by atoms with Crippen LogP contribution in [0.1, 0.15) is 44.2 Å². The van der Waals surface area contributed by atoms with Gasteiger partial charge in [-0.1, -0.05) is 13.0 Å². The van der Waals surface area contributed by atoms with Crippen LogP contribution in [0.3, 0.4) is 0 Å². The normalized spacial score (nSPS) is 24.6. The second-order valence-corrected chi connectivity index (χ2v) is 5.73. The lowest BCUT2D eigenvalue weighted by Crippen LogP contribution is -2.25. The van der Waals surface area contributed by atoms with Gasteiger partial charge < -0.3 is 4.98 Å². The predicted octanol–water partition coefficient (Wildman–Crippen LogP) is 3.39. The summed E-state index contributed by atoms with van der Waals surface area (Å²) >= 11 is 0. The fourth-order valence-electron chi connectivity index (χ4n) is 3.11. The van der Waals surface area contributed by atoms with E-state index in [1.165, 1.54) is 18.4 Å². The van der Waals surface area contributed by atoms with E-state index in [1.807, 2.05) is 4.57 Å². The molecule has 0 spiro atoms. The number of H-pyrrole nitrogens is 1. The van der Waals surface area contributed by atoms with Gasteiger partial charge in [-0.15, -0.1) is 0 Å². The summed E-state index contributed by atoms with van der Waals surface area (Å²) in [6.07, 6.45) is 4.72. The smallest absolute Gasteiger partial charge is 0.306 e. The Morgan fingerprint density at radius 2 is 1.94 bits per heavy atom. The first-order chi connectivity index (χ1) is 8.65. The quantitative estimate of drug-likeness (QED) is 0.820. The molecule has 0 unspecified atom stereocenters. The summed E-state index contributed by atoms with van der Waals surface area (Å²) in [4.78, 5) is 15.1. The molecule has 0 atom stereocenters. The molecule has 0 amide bonds. The van der Waals surface area contributed by atoms with Crippen LogP contribution in [-0.2, 0) is 0 Å². The first-order valence-corrected chi connectivity index (χ1v) is 6.86. The predicted molar refractivity (Wildman–Crippen MR) is 74.0 cm³/mol. The number of benzene rings is 1. The Kier molecular flexibility index (Phi) is 2.77. The maximum Gasteiger partial charge on any atom is 0.326 e. The maximum atomic E-state index is 12.1. The van der Waals surface area contributed by atoms with Crippen molar-refractivity contribution >= 4 is 11.0 Å². The summed E-state index contributed by atoms with van der Waals surface area (Å²) in [6.45, 7) is 4.36. The molecule has 1 heterocycles. The van der Waals surface area contributed by atoms with Crippen molar-refractivity contribution < 1.29 is 0 Å². The summed E-state index contributed by atoms with van der Waals surface area (Å²) in [6, 6.07) is 6.58. The summed E-state index contributed by atoms with van der Waals surface area (Å²) in [7, 11) is 0. The zero-order valence-corrected chi connectivity index (χ0v) is 11.1. The summed E-state index contributed by atoms with van der Waals surface area (Å²) in [5.41, 5.74) is 3.27. The van der Waals surface area contributed by atoms with Crippen LogP contribution < -0.4 is 5.69 Å². The third-order valence-corrected chi connectivity index (χ3v) is 4.22. The number of nitrogens with one attached hydrogen (secondary N) is 1. The van der Waals surface area contributed by atoms with E-state index in [0.29, 0.717) is 6.04 Å². The highest BCUT2D eigenvalue weighted by molar-refractivity contribution is 5.76. The van der Waals surface area contributed by atoms with E-state index >= 15 is 0 Å². The zero-order chi connectivity index (χ0) is 12.7. The van der Waals surface area contributed by atoms with Crippen LogP contribution in [0.15, 0.2) is 23.0 Å². The van der Waals surface area contributed by atoms with Gasteiger partial charge in [-0.2, -0.15) is 0 Å². The average Bonchev–Trinajstić information content (AvgIpc) is 2.65. The van der Waals surface area contributed by atoms with Gasteiger partial charge in [0.05, 0.1) is 11.0 Å². The van der Waals surface area contributed by atoms with Gasteiger partial charge in [0.1, 0.15) is 0 Å². The van der Waals surface area contributed by atoms with E-state index in [-0.39, 0.29) is 5.69 Å². The number of aryl methyl sites for hydroxylation is 1. The molecule has 3 heteroatoms. The van der Waals surface area contributed by atoms with E-state index in [1.54, 1.807) is 0 Å². The number of fused-ring (bicyclic) bond motifs is 1. The third kappa shape index (κ3) is 1.88. The minimum absolute atomic E-state index is 0.0511. The van der Waals surface area contributed by atoms with E-state index in [4.69, 9.17) is 0 Å². The highest BCUT2D eigenvalue weighted by Gasteiger charge is 2.22. The standard InChI is InChI=1S/C15H20N2O/c1-10-3-6-12(7-4-10)17-14-8-5-11(2)9-13(14)16-15(17)18/h5,8-10,12H,3-4,6-7H2,1-2H3,(H,16,18). The summed E-state index contributed by atoms with van der Waals surface area (Å²) in [5.74, 6) is 0.810. The molecule has 0 aliphatic heterocycles. The minimum atomic E-state index is 0.0511. The van der Waals surface area contributed by atoms with Crippen molar-refractivity contribution in [3.8, 4) is 0 Å². The Balaban J connectivity index is 2.06. The first-order valence-electron chi connectivity index (χ1n) is 6.86. The van der Waals surface area contributed by atoms with Gasteiger partial charge in [-0.3, -0.25) is 4.57 Å². The van der Waals surface area contributed by atoms with Crippen molar-refractivity contribution in [1.29, 1.82) is 0 Å². The van der Waals surface area contributed by atoms with Crippen molar-refractivity contribution in [3.63, 3.8) is 0 Å². The molecule has 1 saturated carbocycles. The Morgan fingerprint density at radius 3 is 2.67 bits per heavy atom. The lowest BCUT2D eigenvalue weighted by molar-refractivity contribution is 0.290. The Hall–Kier alpha value is -1.51. The van der Waals surface area contributed by atoms with Crippen molar-refractivity contribution in [2.24, 2.45) is 5.92 Å². The second kappa shape index (κ2) is 4.30. The molecule has 1 aliphatic rings. The number of imidazole rings is 1. The number of aromatic amines is 1. The Morgan fingerprint density at radius 1 is 1.22 bits per heavy atom. The molecule has 0 saturated heterocycles. The topological polar surface area (TPSA) is 37.8 Å². The maximum absolute atomic E-state index is 12.1. The Labute approximate surface area is 107 Å². The first kappa shape index (κ1) is 11.6. The molecule has 3 rings (SSSR count). The SMILES string of the molecule is Cc1ccc2c(c1)[nH]c(=O)n2C1CCC(C)CC1. The third-order valence-electron chi connectivity index (χ3n) is 4.22. The van der Waals surface area contributed by atoms with E-state index in [0.717, 1.165) is 29.8 Å². The Bertz CT molecular complexity index is 615. The average molecular weight is 244 g/mol. The number of hydrogen-bond donors (Lipinski definition) is 1. The molecule has 3 nitrogen and oxygen atoms in total. The van der Waals surface area contributed by atoms with E-state index in [9.17, 15) is 4.79 Å². The summed E-state index contributed by atoms with van der Waals surface area (Å²) in [5, 5.41) is 0. The monoisotopic (exact) mass is 244 g/mol. The lowest BCUT2D eigenvalue weighted by atomic mass is 9.87. The number of rotatable bonds is 1. The van der Waals surface area contributed by atoms with Crippen LogP contribution in [-0.4, -0.2) is 9.55 Å². The van der Waals surface area contributed by atoms with Crippen molar-refractivity contribution in [2.45, 2.75) is 45.6 Å². The van der Waals surface area contributed by atoms with E-state index in [2.05, 4.69) is 37.0 Å². The molecule has 2 aromatic rings. The van der Waals surface area contributed by atoms with Crippen molar-refractivity contribution in [2.75, 3.05) is 0 Å². The van der Waals surface area contributed by atoms with Crippen molar-refractivity contribution in [3.05, 3.63) is 34.2 Å². The molecule has 0 radical (unpaired) electrons. The van der Waals surface area contributed by atoms with Crippen LogP contribution in [0, 0.1) is 12.8 Å². The van der Waals surface area contributed by atoms with Crippen LogP contribution in [0.5, 0.6) is 0 Å². The van der Waals surface area contributed by atoms with Gasteiger partial charge in [0.15, 0.2) is 0 Å². The van der Waals surface area contributed by atoms with Gasteiger partial charge >= 0.3 is 5.69 Å². The molecule has 96 valence electrons. The molecule has 0 bridgehead atoms. The summed E-state index contributed by atoms with van der Waals surface area (Å²) < 4.78 is 1.97. The van der Waals surface area contributed by atoms with Crippen LogP contribution in [0.4, 0.5) is 0 Å². The van der Waals surface area contributed by atoms with Gasteiger partial charge in [0, 0.05) is 6.04 Å². The minimum Gasteiger partial charge on any atom is -0.306 e. The van der Waals surface area contributed by atoms with Crippen molar-refractivity contribution in [1.82, 2.24) is 9.55 Å². The van der Waals surface area contributed by atoms with Gasteiger partial charge in [-0.25, -0.2) is 4.79 Å². The van der Waals surface area contributed by atoms with Gasteiger partial charge in [0.25, 0.3) is 0 Å². The molecule has 1 N–H and O–H groups in total. The van der Waals surface area contributed by atoms with Crippen LogP contribution in [0.2, 0.25) is 0 Å². The van der Waals surface area contributed by atoms with Crippen LogP contribution >= 0.6 is 0 Å². The molecule has 1 aromatic heterocycles. The molecular weight excluding hydrogens is 224 g/mol. The van der Waals surface area contributed by atoms with Crippen LogP contribution in [0.25, 0.3) is 11.0 Å². The van der Waals surface area contributed by atoms with E-state index < -0.39 is 0 Å². The fraction of sp³-hybridized carbons (Fsp3) is 0.533. The largest absolute Gasteiger partial charge is 0.326 e. The molecular formula is C15H20N2O. The molecule has 1 aliphatic carbocycles. The van der Waals surface area contributed by atoms with Gasteiger partial charge in [-0.05, 0) is 56.2 Å². The fourth-order valence-corrected chi connectivity index (χ4v) is 3.11. The zero-order valence-electron chi connectivity index (χ0n) is 11.1. The molecule has 18 heavy (non-hydrogen) atoms. The molecule has 1 aromatic carbocycles. The number of nitrogens with zero attached hydrogens (tertiary/aromatic N) is 1. The number of hydrogen-bond acceptors (Lipinski definition) is 1. The molecule has 1 fully saturated rings. The highest BCUT2D eigenvalue weighted by Crippen LogP contribution is 2.32. The van der Waals surface area contributed by atoms with Gasteiger partial charge in [0.2, 0.25) is 0 Å². The second-order valence-electron chi connectivity index (χ2n) is 5.73. The highest BCUT2D eigenvalue weighted by atomic mass is 16.1. The number of aromatic nitrogens is 2.